The second-order valence-corrected chi connectivity index (χ2v) is 3.32. The molecule has 0 fully saturated rings. The zero-order valence-corrected chi connectivity index (χ0v) is 7.89. The van der Waals surface area contributed by atoms with E-state index in [1.807, 2.05) is 0 Å². The van der Waals surface area contributed by atoms with Crippen LogP contribution in [-0.2, 0) is 0 Å². The Balaban J connectivity index is 3.20. The molecule has 0 heterocycles. The monoisotopic (exact) mass is 204 g/mol. The van der Waals surface area contributed by atoms with Crippen LogP contribution in [-0.4, -0.2) is 11.2 Å². The van der Waals surface area contributed by atoms with Crippen molar-refractivity contribution in [3.05, 3.63) is 35.1 Å². The number of aliphatic hydroxyl groups excluding tert-OH is 1. The van der Waals surface area contributed by atoms with Crippen molar-refractivity contribution in [1.29, 1.82) is 0 Å². The molecule has 0 aliphatic carbocycles. The lowest BCUT2D eigenvalue weighted by molar-refractivity contribution is 0.166. The molecule has 1 aromatic carbocycles. The number of hydrogen-bond donors (Lipinski definition) is 1. The summed E-state index contributed by atoms with van der Waals surface area (Å²) in [6, 6.07) is 1.38. The Morgan fingerprint density at radius 3 is 2.21 bits per heavy atom. The highest BCUT2D eigenvalue weighted by Crippen LogP contribution is 2.24. The first-order valence-electron chi connectivity index (χ1n) is 4.26. The minimum atomic E-state index is -1.23. The predicted octanol–water partition coefficient (Wildman–Crippen LogP) is 2.59. The van der Waals surface area contributed by atoms with Crippen molar-refractivity contribution < 1.29 is 18.3 Å². The van der Waals surface area contributed by atoms with Crippen LogP contribution >= 0.6 is 0 Å². The van der Waals surface area contributed by atoms with Crippen LogP contribution in [0.5, 0.6) is 0 Å². The van der Waals surface area contributed by atoms with E-state index in [0.29, 0.717) is 6.07 Å². The van der Waals surface area contributed by atoms with Gasteiger partial charge in [-0.1, -0.05) is 6.92 Å². The summed E-state index contributed by atoms with van der Waals surface area (Å²) >= 11 is 0. The number of hydrogen-bond acceptors (Lipinski definition) is 1. The van der Waals surface area contributed by atoms with Crippen molar-refractivity contribution in [3.8, 4) is 0 Å². The summed E-state index contributed by atoms with van der Waals surface area (Å²) in [5, 5.41) is 9.17. The normalized spacial score (nSPS) is 15.3. The molecule has 14 heavy (non-hydrogen) atoms. The van der Waals surface area contributed by atoms with Crippen LogP contribution in [0.1, 0.15) is 25.3 Å². The molecule has 78 valence electrons. The molecule has 1 aromatic rings. The smallest absolute Gasteiger partial charge is 0.162 e. The average molecular weight is 204 g/mol. The van der Waals surface area contributed by atoms with Crippen molar-refractivity contribution in [2.45, 2.75) is 25.9 Å². The Bertz CT molecular complexity index is 336. The number of rotatable bonds is 2. The molecule has 0 amide bonds. The van der Waals surface area contributed by atoms with Gasteiger partial charge < -0.3 is 5.11 Å². The molecule has 1 nitrogen and oxygen atoms in total. The minimum Gasteiger partial charge on any atom is -0.393 e. The van der Waals surface area contributed by atoms with E-state index in [9.17, 15) is 13.2 Å². The van der Waals surface area contributed by atoms with Crippen LogP contribution in [0.4, 0.5) is 13.2 Å². The maximum Gasteiger partial charge on any atom is 0.162 e. The zero-order valence-electron chi connectivity index (χ0n) is 7.89. The summed E-state index contributed by atoms with van der Waals surface area (Å²) in [7, 11) is 0. The molecule has 4 heteroatoms. The summed E-state index contributed by atoms with van der Waals surface area (Å²) in [5.74, 6) is -3.81. The summed E-state index contributed by atoms with van der Waals surface area (Å²) in [6.07, 6.45) is -0.856. The van der Waals surface area contributed by atoms with E-state index in [1.165, 1.54) is 13.8 Å². The van der Waals surface area contributed by atoms with Crippen molar-refractivity contribution in [3.63, 3.8) is 0 Å². The Morgan fingerprint density at radius 1 is 1.14 bits per heavy atom. The summed E-state index contributed by atoms with van der Waals surface area (Å²) in [4.78, 5) is 0. The lowest BCUT2D eigenvalue weighted by Crippen LogP contribution is -2.13. The van der Waals surface area contributed by atoms with Gasteiger partial charge in [0.2, 0.25) is 0 Å². The summed E-state index contributed by atoms with van der Waals surface area (Å²) < 4.78 is 38.7. The van der Waals surface area contributed by atoms with E-state index in [-0.39, 0.29) is 5.56 Å². The van der Waals surface area contributed by atoms with E-state index in [1.54, 1.807) is 0 Å². The van der Waals surface area contributed by atoms with Crippen LogP contribution in [0.3, 0.4) is 0 Å². The van der Waals surface area contributed by atoms with Gasteiger partial charge in [0.05, 0.1) is 6.10 Å². The average Bonchev–Trinajstić information content (AvgIpc) is 2.09. The van der Waals surface area contributed by atoms with Gasteiger partial charge in [0.1, 0.15) is 5.82 Å². The minimum absolute atomic E-state index is 0.141. The third kappa shape index (κ3) is 2.07. The van der Waals surface area contributed by atoms with Crippen molar-refractivity contribution in [2.75, 3.05) is 0 Å². The van der Waals surface area contributed by atoms with Gasteiger partial charge in [0, 0.05) is 12.0 Å². The summed E-state index contributed by atoms with van der Waals surface area (Å²) in [6.45, 7) is 2.94. The van der Waals surface area contributed by atoms with Crippen molar-refractivity contribution in [2.24, 2.45) is 0 Å². The molecule has 2 atom stereocenters. The van der Waals surface area contributed by atoms with Crippen LogP contribution < -0.4 is 0 Å². The summed E-state index contributed by atoms with van der Waals surface area (Å²) in [5.41, 5.74) is -0.141. The van der Waals surface area contributed by atoms with Crippen LogP contribution in [0, 0.1) is 17.5 Å². The number of halogens is 3. The molecule has 1 rings (SSSR count). The molecule has 0 aliphatic heterocycles. The molecule has 0 aliphatic rings. The van der Waals surface area contributed by atoms with Crippen LogP contribution in [0.2, 0.25) is 0 Å². The lowest BCUT2D eigenvalue weighted by atomic mass is 9.95. The van der Waals surface area contributed by atoms with Crippen LogP contribution in [0.25, 0.3) is 0 Å². The molecule has 0 saturated carbocycles. The topological polar surface area (TPSA) is 20.2 Å². The Morgan fingerprint density at radius 2 is 1.71 bits per heavy atom. The van der Waals surface area contributed by atoms with E-state index in [4.69, 9.17) is 5.11 Å². The van der Waals surface area contributed by atoms with Gasteiger partial charge in [-0.05, 0) is 18.6 Å². The Kier molecular flexibility index (Phi) is 3.16. The third-order valence-electron chi connectivity index (χ3n) is 2.24. The van der Waals surface area contributed by atoms with Gasteiger partial charge >= 0.3 is 0 Å². The Labute approximate surface area is 80.2 Å². The fourth-order valence-corrected chi connectivity index (χ4v) is 1.17. The maximum atomic E-state index is 13.1. The van der Waals surface area contributed by atoms with E-state index in [0.717, 1.165) is 6.07 Å². The lowest BCUT2D eigenvalue weighted by Gasteiger charge is -2.15. The largest absolute Gasteiger partial charge is 0.393 e. The fourth-order valence-electron chi connectivity index (χ4n) is 1.17. The molecule has 0 bridgehead atoms. The molecular formula is C10H11F3O. The third-order valence-corrected chi connectivity index (χ3v) is 2.24. The van der Waals surface area contributed by atoms with E-state index in [2.05, 4.69) is 0 Å². The highest BCUT2D eigenvalue weighted by Gasteiger charge is 2.19. The first kappa shape index (κ1) is 11.0. The molecular weight excluding hydrogens is 193 g/mol. The molecule has 0 saturated heterocycles. The first-order chi connectivity index (χ1) is 6.43. The SMILES string of the molecule is CC(O)C(C)c1cc(F)cc(F)c1F. The number of benzene rings is 1. The fraction of sp³-hybridized carbons (Fsp3) is 0.400. The van der Waals surface area contributed by atoms with Crippen molar-refractivity contribution >= 4 is 0 Å². The quantitative estimate of drug-likeness (QED) is 0.734. The second-order valence-electron chi connectivity index (χ2n) is 3.32. The van der Waals surface area contributed by atoms with E-state index < -0.39 is 29.5 Å². The van der Waals surface area contributed by atoms with Crippen LogP contribution in [0.15, 0.2) is 12.1 Å². The molecule has 0 radical (unpaired) electrons. The predicted molar refractivity (Wildman–Crippen MR) is 46.4 cm³/mol. The van der Waals surface area contributed by atoms with Gasteiger partial charge in [-0.15, -0.1) is 0 Å². The van der Waals surface area contributed by atoms with Gasteiger partial charge in [0.15, 0.2) is 11.6 Å². The van der Waals surface area contributed by atoms with Gasteiger partial charge in [-0.3, -0.25) is 0 Å². The Hall–Kier alpha value is -1.03. The molecule has 0 spiro atoms. The standard InChI is InChI=1S/C10H11F3O/c1-5(6(2)14)8-3-7(11)4-9(12)10(8)13/h3-6,14H,1-2H3. The van der Waals surface area contributed by atoms with Crippen molar-refractivity contribution in [1.82, 2.24) is 0 Å². The van der Waals surface area contributed by atoms with E-state index >= 15 is 0 Å². The highest BCUT2D eigenvalue weighted by atomic mass is 19.2. The highest BCUT2D eigenvalue weighted by molar-refractivity contribution is 5.24. The number of aliphatic hydroxyl groups is 1. The second kappa shape index (κ2) is 4.00. The van der Waals surface area contributed by atoms with Gasteiger partial charge in [-0.25, -0.2) is 13.2 Å². The first-order valence-corrected chi connectivity index (χ1v) is 4.26. The molecule has 0 aromatic heterocycles. The van der Waals surface area contributed by atoms with Gasteiger partial charge in [-0.2, -0.15) is 0 Å². The molecule has 2 unspecified atom stereocenters. The van der Waals surface area contributed by atoms with Gasteiger partial charge in [0.25, 0.3) is 0 Å². The zero-order chi connectivity index (χ0) is 10.9. The maximum absolute atomic E-state index is 13.1. The molecule has 1 N–H and O–H groups in total.